The SMILES string of the molecule is C#CCSCCNc1ccc2c(C(=O)O)cccc2n1. The molecule has 0 saturated heterocycles. The Balaban J connectivity index is 2.10. The molecule has 0 aliphatic rings. The number of aromatic carboxylic acids is 1. The van der Waals surface area contributed by atoms with E-state index in [0.717, 1.165) is 18.1 Å². The predicted molar refractivity (Wildman–Crippen MR) is 83.4 cm³/mol. The quantitative estimate of drug-likeness (QED) is 0.631. The number of carbonyl (C=O) groups is 1. The number of hydrogen-bond acceptors (Lipinski definition) is 4. The van der Waals surface area contributed by atoms with Crippen molar-refractivity contribution in [3.05, 3.63) is 35.9 Å². The number of anilines is 1. The van der Waals surface area contributed by atoms with Crippen molar-refractivity contribution in [3.63, 3.8) is 0 Å². The van der Waals surface area contributed by atoms with Crippen molar-refractivity contribution in [2.45, 2.75) is 0 Å². The number of carboxylic acids is 1. The van der Waals surface area contributed by atoms with Gasteiger partial charge in [0, 0.05) is 17.7 Å². The first kappa shape index (κ1) is 14.2. The van der Waals surface area contributed by atoms with Crippen molar-refractivity contribution >= 4 is 34.5 Å². The van der Waals surface area contributed by atoms with E-state index >= 15 is 0 Å². The summed E-state index contributed by atoms with van der Waals surface area (Å²) in [5, 5.41) is 13.0. The van der Waals surface area contributed by atoms with Gasteiger partial charge >= 0.3 is 5.97 Å². The van der Waals surface area contributed by atoms with E-state index in [1.807, 2.05) is 0 Å². The van der Waals surface area contributed by atoms with E-state index in [1.54, 1.807) is 42.1 Å². The number of fused-ring (bicyclic) bond motifs is 1. The van der Waals surface area contributed by atoms with Gasteiger partial charge in [-0.2, -0.15) is 0 Å². The third-order valence-corrected chi connectivity index (χ3v) is 3.56. The molecule has 2 rings (SSSR count). The standard InChI is InChI=1S/C15H14N2O2S/c1-2-9-20-10-8-16-14-7-6-11-12(15(18)19)4-3-5-13(11)17-14/h1,3-7H,8-10H2,(H,16,17)(H,18,19). The Bertz CT molecular complexity index is 664. The summed E-state index contributed by atoms with van der Waals surface area (Å²) < 4.78 is 0. The lowest BCUT2D eigenvalue weighted by atomic mass is 10.1. The normalized spacial score (nSPS) is 10.2. The third kappa shape index (κ3) is 3.43. The lowest BCUT2D eigenvalue weighted by Gasteiger charge is -2.07. The molecule has 2 aromatic rings. The number of rotatable bonds is 6. The second-order valence-electron chi connectivity index (χ2n) is 4.06. The van der Waals surface area contributed by atoms with Crippen LogP contribution < -0.4 is 5.32 Å². The fourth-order valence-electron chi connectivity index (χ4n) is 1.82. The molecule has 1 aromatic carbocycles. The van der Waals surface area contributed by atoms with Crippen molar-refractivity contribution in [3.8, 4) is 12.3 Å². The van der Waals surface area contributed by atoms with Gasteiger partial charge in [-0.3, -0.25) is 0 Å². The molecule has 0 spiro atoms. The average Bonchev–Trinajstić information content (AvgIpc) is 2.46. The van der Waals surface area contributed by atoms with Gasteiger partial charge in [0.15, 0.2) is 0 Å². The number of thioether (sulfide) groups is 1. The highest BCUT2D eigenvalue weighted by Gasteiger charge is 2.08. The van der Waals surface area contributed by atoms with Gasteiger partial charge < -0.3 is 10.4 Å². The van der Waals surface area contributed by atoms with Crippen molar-refractivity contribution in [2.24, 2.45) is 0 Å². The first-order valence-corrected chi connectivity index (χ1v) is 7.26. The van der Waals surface area contributed by atoms with Gasteiger partial charge in [-0.25, -0.2) is 9.78 Å². The average molecular weight is 286 g/mol. The molecule has 0 unspecified atom stereocenters. The van der Waals surface area contributed by atoms with Crippen molar-refractivity contribution < 1.29 is 9.90 Å². The minimum Gasteiger partial charge on any atom is -0.478 e. The van der Waals surface area contributed by atoms with Gasteiger partial charge in [0.2, 0.25) is 0 Å². The zero-order valence-electron chi connectivity index (χ0n) is 10.8. The number of pyridine rings is 1. The van der Waals surface area contributed by atoms with E-state index in [9.17, 15) is 4.79 Å². The second-order valence-corrected chi connectivity index (χ2v) is 5.16. The number of nitrogens with one attached hydrogen (secondary N) is 1. The Morgan fingerprint density at radius 1 is 1.40 bits per heavy atom. The fraction of sp³-hybridized carbons (Fsp3) is 0.200. The molecule has 102 valence electrons. The number of aromatic nitrogens is 1. The summed E-state index contributed by atoms with van der Waals surface area (Å²) in [6.45, 7) is 0.767. The Hall–Kier alpha value is -2.19. The van der Waals surface area contributed by atoms with E-state index in [4.69, 9.17) is 11.5 Å². The first-order chi connectivity index (χ1) is 9.72. The number of terminal acetylenes is 1. The summed E-state index contributed by atoms with van der Waals surface area (Å²) in [5.74, 6) is 3.97. The molecular formula is C15H14N2O2S. The number of carboxylic acid groups (broad SMARTS) is 1. The van der Waals surface area contributed by atoms with Crippen LogP contribution in [0.3, 0.4) is 0 Å². The highest BCUT2D eigenvalue weighted by atomic mass is 32.2. The highest BCUT2D eigenvalue weighted by molar-refractivity contribution is 7.99. The summed E-state index contributed by atoms with van der Waals surface area (Å²) >= 11 is 1.68. The van der Waals surface area contributed by atoms with Crippen LogP contribution in [-0.4, -0.2) is 34.1 Å². The fourth-order valence-corrected chi connectivity index (χ4v) is 2.33. The Morgan fingerprint density at radius 3 is 3.00 bits per heavy atom. The number of benzene rings is 1. The second kappa shape index (κ2) is 6.83. The van der Waals surface area contributed by atoms with Crippen LogP contribution in [0.25, 0.3) is 10.9 Å². The molecular weight excluding hydrogens is 272 g/mol. The topological polar surface area (TPSA) is 62.2 Å². The summed E-state index contributed by atoms with van der Waals surface area (Å²) in [5.41, 5.74) is 0.942. The molecule has 0 saturated carbocycles. The monoisotopic (exact) mass is 286 g/mol. The van der Waals surface area contributed by atoms with Crippen molar-refractivity contribution in [1.82, 2.24) is 4.98 Å². The smallest absolute Gasteiger partial charge is 0.336 e. The largest absolute Gasteiger partial charge is 0.478 e. The molecule has 0 aliphatic carbocycles. The summed E-state index contributed by atoms with van der Waals surface area (Å²) in [7, 11) is 0. The maximum Gasteiger partial charge on any atom is 0.336 e. The van der Waals surface area contributed by atoms with Crippen LogP contribution in [0.5, 0.6) is 0 Å². The zero-order chi connectivity index (χ0) is 14.4. The molecule has 0 amide bonds. The molecule has 20 heavy (non-hydrogen) atoms. The molecule has 0 radical (unpaired) electrons. The van der Waals surface area contributed by atoms with Crippen LogP contribution in [0, 0.1) is 12.3 Å². The Labute approximate surface area is 121 Å². The van der Waals surface area contributed by atoms with Crippen LogP contribution in [0.4, 0.5) is 5.82 Å². The van der Waals surface area contributed by atoms with Crippen molar-refractivity contribution in [1.29, 1.82) is 0 Å². The molecule has 1 aromatic heterocycles. The van der Waals surface area contributed by atoms with E-state index < -0.39 is 5.97 Å². The van der Waals surface area contributed by atoms with Crippen LogP contribution in [0.1, 0.15) is 10.4 Å². The highest BCUT2D eigenvalue weighted by Crippen LogP contribution is 2.19. The summed E-state index contributed by atoms with van der Waals surface area (Å²) in [4.78, 5) is 15.5. The summed E-state index contributed by atoms with van der Waals surface area (Å²) in [6, 6.07) is 8.66. The van der Waals surface area contributed by atoms with Gasteiger partial charge in [0.05, 0.1) is 16.8 Å². The van der Waals surface area contributed by atoms with E-state index in [0.29, 0.717) is 16.7 Å². The van der Waals surface area contributed by atoms with E-state index in [1.165, 1.54) is 0 Å². The van der Waals surface area contributed by atoms with Gasteiger partial charge in [0.25, 0.3) is 0 Å². The Kier molecular flexibility index (Phi) is 4.85. The van der Waals surface area contributed by atoms with Gasteiger partial charge in [-0.15, -0.1) is 18.2 Å². The van der Waals surface area contributed by atoms with E-state index in [-0.39, 0.29) is 5.56 Å². The van der Waals surface area contributed by atoms with Gasteiger partial charge in [-0.05, 0) is 24.3 Å². The lowest BCUT2D eigenvalue weighted by Crippen LogP contribution is -2.06. The van der Waals surface area contributed by atoms with E-state index in [2.05, 4.69) is 16.2 Å². The lowest BCUT2D eigenvalue weighted by molar-refractivity contribution is 0.0699. The van der Waals surface area contributed by atoms with Crippen LogP contribution in [0.2, 0.25) is 0 Å². The molecule has 2 N–H and O–H groups in total. The third-order valence-electron chi connectivity index (χ3n) is 2.70. The number of nitrogens with zero attached hydrogens (tertiary/aromatic N) is 1. The van der Waals surface area contributed by atoms with Crippen LogP contribution in [0.15, 0.2) is 30.3 Å². The molecule has 0 fully saturated rings. The summed E-state index contributed by atoms with van der Waals surface area (Å²) in [6.07, 6.45) is 5.17. The predicted octanol–water partition coefficient (Wildman–Crippen LogP) is 2.71. The number of hydrogen-bond donors (Lipinski definition) is 2. The van der Waals surface area contributed by atoms with Crippen LogP contribution in [-0.2, 0) is 0 Å². The molecule has 0 aliphatic heterocycles. The Morgan fingerprint density at radius 2 is 2.25 bits per heavy atom. The molecule has 0 bridgehead atoms. The molecule has 5 heteroatoms. The minimum absolute atomic E-state index is 0.270. The van der Waals surface area contributed by atoms with Gasteiger partial charge in [0.1, 0.15) is 5.82 Å². The van der Waals surface area contributed by atoms with Gasteiger partial charge in [-0.1, -0.05) is 12.0 Å². The minimum atomic E-state index is -0.941. The maximum absolute atomic E-state index is 11.1. The van der Waals surface area contributed by atoms with Crippen LogP contribution >= 0.6 is 11.8 Å². The molecule has 1 heterocycles. The molecule has 0 atom stereocenters. The maximum atomic E-state index is 11.1. The zero-order valence-corrected chi connectivity index (χ0v) is 11.6. The molecule has 4 nitrogen and oxygen atoms in total. The van der Waals surface area contributed by atoms with Crippen molar-refractivity contribution in [2.75, 3.05) is 23.4 Å². The first-order valence-electron chi connectivity index (χ1n) is 6.10.